The molecule has 0 aromatic rings. The molecule has 19 heavy (non-hydrogen) atoms. The van der Waals surface area contributed by atoms with E-state index in [-0.39, 0.29) is 18.9 Å². The van der Waals surface area contributed by atoms with Crippen LogP contribution in [0.2, 0.25) is 0 Å². The van der Waals surface area contributed by atoms with Crippen molar-refractivity contribution in [2.24, 2.45) is 5.73 Å². The quantitative estimate of drug-likeness (QED) is 0.511. The van der Waals surface area contributed by atoms with Crippen molar-refractivity contribution in [3.05, 3.63) is 12.2 Å². The van der Waals surface area contributed by atoms with Crippen LogP contribution in [0.5, 0.6) is 0 Å². The molecule has 1 rings (SSSR count). The molecule has 2 atom stereocenters. The van der Waals surface area contributed by atoms with Crippen LogP contribution in [0.25, 0.3) is 0 Å². The second kappa shape index (κ2) is 7.40. The Morgan fingerprint density at radius 2 is 2.11 bits per heavy atom. The minimum absolute atomic E-state index is 0.0113. The van der Waals surface area contributed by atoms with Crippen LogP contribution in [0.1, 0.15) is 32.1 Å². The molecule has 0 aromatic heterocycles. The summed E-state index contributed by atoms with van der Waals surface area (Å²) >= 11 is 0. The van der Waals surface area contributed by atoms with Gasteiger partial charge in [-0.2, -0.15) is 0 Å². The highest BCUT2D eigenvalue weighted by atomic mass is 16.4. The molecule has 0 heterocycles. The van der Waals surface area contributed by atoms with Crippen molar-refractivity contribution in [2.75, 3.05) is 0 Å². The molecule has 0 bridgehead atoms. The third-order valence-electron chi connectivity index (χ3n) is 2.89. The molecule has 0 aromatic carbocycles. The van der Waals surface area contributed by atoms with Crippen molar-refractivity contribution < 1.29 is 19.5 Å². The molecule has 0 spiro atoms. The third kappa shape index (κ3) is 5.89. The first-order valence-electron chi connectivity index (χ1n) is 6.22. The Morgan fingerprint density at radius 1 is 1.37 bits per heavy atom. The van der Waals surface area contributed by atoms with E-state index in [1.165, 1.54) is 0 Å². The van der Waals surface area contributed by atoms with Gasteiger partial charge in [-0.05, 0) is 25.7 Å². The maximum Gasteiger partial charge on any atom is 0.326 e. The molecular weight excluding hydrogens is 250 g/mol. The Morgan fingerprint density at radius 3 is 2.63 bits per heavy atom. The lowest BCUT2D eigenvalue weighted by Crippen LogP contribution is -2.49. The number of carbonyl (C=O) groups excluding carboxylic acids is 2. The first-order valence-corrected chi connectivity index (χ1v) is 6.22. The molecule has 1 unspecified atom stereocenters. The van der Waals surface area contributed by atoms with Crippen LogP contribution < -0.4 is 16.4 Å². The number of primary amides is 1. The van der Waals surface area contributed by atoms with E-state index in [9.17, 15) is 14.4 Å². The van der Waals surface area contributed by atoms with Gasteiger partial charge in [0.25, 0.3) is 0 Å². The molecule has 7 heteroatoms. The van der Waals surface area contributed by atoms with Crippen molar-refractivity contribution in [3.8, 4) is 0 Å². The maximum absolute atomic E-state index is 11.6. The van der Waals surface area contributed by atoms with Crippen molar-refractivity contribution in [1.82, 2.24) is 10.6 Å². The van der Waals surface area contributed by atoms with E-state index in [0.29, 0.717) is 0 Å². The first-order chi connectivity index (χ1) is 8.99. The highest BCUT2D eigenvalue weighted by Gasteiger charge is 2.21. The molecule has 5 N–H and O–H groups in total. The minimum Gasteiger partial charge on any atom is -0.480 e. The molecular formula is C12H19N3O4. The standard InChI is InChI=1S/C12H19N3O4/c13-10(16)7-6-9(11(17)18)15-12(19)14-8-4-2-1-3-5-8/h1-2,8-9H,3-7H2,(H2,13,16)(H,17,18)(H2,14,15,19)/t8?,9-/m1/s1. The molecule has 3 amide bonds. The van der Waals surface area contributed by atoms with E-state index in [2.05, 4.69) is 10.6 Å². The summed E-state index contributed by atoms with van der Waals surface area (Å²) < 4.78 is 0. The second-order valence-electron chi connectivity index (χ2n) is 4.49. The molecule has 0 saturated carbocycles. The van der Waals surface area contributed by atoms with Crippen LogP contribution in [0.4, 0.5) is 4.79 Å². The Labute approximate surface area is 111 Å². The second-order valence-corrected chi connectivity index (χ2v) is 4.49. The smallest absolute Gasteiger partial charge is 0.326 e. The van der Waals surface area contributed by atoms with Crippen molar-refractivity contribution >= 4 is 17.9 Å². The highest BCUT2D eigenvalue weighted by Crippen LogP contribution is 2.10. The number of rotatable bonds is 6. The molecule has 0 saturated heterocycles. The van der Waals surface area contributed by atoms with Crippen LogP contribution in [0.15, 0.2) is 12.2 Å². The van der Waals surface area contributed by atoms with Crippen molar-refractivity contribution in [2.45, 2.75) is 44.2 Å². The third-order valence-corrected chi connectivity index (χ3v) is 2.89. The predicted octanol–water partition coefficient (Wildman–Crippen LogP) is 0.113. The molecule has 106 valence electrons. The van der Waals surface area contributed by atoms with Crippen LogP contribution >= 0.6 is 0 Å². The number of aliphatic carboxylic acids is 1. The minimum atomic E-state index is -1.18. The zero-order valence-electron chi connectivity index (χ0n) is 10.6. The summed E-state index contributed by atoms with van der Waals surface area (Å²) in [5.41, 5.74) is 4.95. The predicted molar refractivity (Wildman–Crippen MR) is 68.3 cm³/mol. The van der Waals surface area contributed by atoms with Gasteiger partial charge in [-0.25, -0.2) is 9.59 Å². The Balaban J connectivity index is 2.39. The number of nitrogens with one attached hydrogen (secondary N) is 2. The summed E-state index contributed by atoms with van der Waals surface area (Å²) in [7, 11) is 0. The zero-order chi connectivity index (χ0) is 14.3. The van der Waals surface area contributed by atoms with Crippen molar-refractivity contribution in [1.29, 1.82) is 0 Å². The Bertz CT molecular complexity index is 381. The number of allylic oxidation sites excluding steroid dienone is 1. The van der Waals surface area contributed by atoms with Gasteiger partial charge < -0.3 is 21.5 Å². The average molecular weight is 269 g/mol. The van der Waals surface area contributed by atoms with E-state index in [1.807, 2.05) is 12.2 Å². The van der Waals surface area contributed by atoms with Gasteiger partial charge in [0.1, 0.15) is 6.04 Å². The summed E-state index contributed by atoms with van der Waals surface area (Å²) in [5.74, 6) is -1.77. The summed E-state index contributed by atoms with van der Waals surface area (Å²) in [6.45, 7) is 0. The average Bonchev–Trinajstić information content (AvgIpc) is 2.35. The summed E-state index contributed by atoms with van der Waals surface area (Å²) in [6, 6.07) is -1.61. The molecule has 7 nitrogen and oxygen atoms in total. The van der Waals surface area contributed by atoms with Gasteiger partial charge in [-0.1, -0.05) is 12.2 Å². The molecule has 0 radical (unpaired) electrons. The van der Waals surface area contributed by atoms with Gasteiger partial charge in [-0.3, -0.25) is 4.79 Å². The maximum atomic E-state index is 11.6. The van der Waals surface area contributed by atoms with Crippen LogP contribution in [0.3, 0.4) is 0 Å². The topological polar surface area (TPSA) is 122 Å². The lowest BCUT2D eigenvalue weighted by atomic mass is 10.0. The number of urea groups is 1. The fourth-order valence-corrected chi connectivity index (χ4v) is 1.85. The highest BCUT2D eigenvalue weighted by molar-refractivity contribution is 5.83. The fraction of sp³-hybridized carbons (Fsp3) is 0.583. The number of hydrogen-bond acceptors (Lipinski definition) is 3. The monoisotopic (exact) mass is 269 g/mol. The fourth-order valence-electron chi connectivity index (χ4n) is 1.85. The van der Waals surface area contributed by atoms with Gasteiger partial charge in [0.05, 0.1) is 0 Å². The van der Waals surface area contributed by atoms with E-state index in [1.54, 1.807) is 0 Å². The molecule has 0 fully saturated rings. The lowest BCUT2D eigenvalue weighted by Gasteiger charge is -2.21. The number of carbonyl (C=O) groups is 3. The SMILES string of the molecule is NC(=O)CC[C@@H](NC(=O)NC1CC=CCC1)C(=O)O. The van der Waals surface area contributed by atoms with E-state index in [0.717, 1.165) is 19.3 Å². The van der Waals surface area contributed by atoms with Gasteiger partial charge in [0.2, 0.25) is 5.91 Å². The van der Waals surface area contributed by atoms with Gasteiger partial charge in [0, 0.05) is 12.5 Å². The lowest BCUT2D eigenvalue weighted by molar-refractivity contribution is -0.139. The number of amides is 3. The van der Waals surface area contributed by atoms with Crippen LogP contribution in [-0.2, 0) is 9.59 Å². The number of hydrogen-bond donors (Lipinski definition) is 4. The summed E-state index contributed by atoms with van der Waals surface area (Å²) in [5, 5.41) is 14.0. The van der Waals surface area contributed by atoms with Gasteiger partial charge in [-0.15, -0.1) is 0 Å². The number of nitrogens with two attached hydrogens (primary N) is 1. The summed E-state index contributed by atoms with van der Waals surface area (Å²) in [4.78, 5) is 33.2. The van der Waals surface area contributed by atoms with Gasteiger partial charge in [0.15, 0.2) is 0 Å². The van der Waals surface area contributed by atoms with Crippen molar-refractivity contribution in [3.63, 3.8) is 0 Å². The van der Waals surface area contributed by atoms with E-state index < -0.39 is 23.9 Å². The molecule has 0 aliphatic heterocycles. The Kier molecular flexibility index (Phi) is 5.84. The molecule has 1 aliphatic rings. The summed E-state index contributed by atoms with van der Waals surface area (Å²) in [6.07, 6.45) is 6.41. The largest absolute Gasteiger partial charge is 0.480 e. The normalized spacial score (nSPS) is 19.5. The zero-order valence-corrected chi connectivity index (χ0v) is 10.6. The first kappa shape index (κ1) is 15.0. The van der Waals surface area contributed by atoms with E-state index >= 15 is 0 Å². The number of carboxylic acids is 1. The van der Waals surface area contributed by atoms with Crippen LogP contribution in [-0.4, -0.2) is 35.1 Å². The van der Waals surface area contributed by atoms with Gasteiger partial charge >= 0.3 is 12.0 Å². The Hall–Kier alpha value is -2.05. The number of carboxylic acid groups (broad SMARTS) is 1. The van der Waals surface area contributed by atoms with Crippen LogP contribution in [0, 0.1) is 0 Å². The van der Waals surface area contributed by atoms with E-state index in [4.69, 9.17) is 10.8 Å². The molecule has 1 aliphatic carbocycles.